The molecular formula is C23H28N4O2. The summed E-state index contributed by atoms with van der Waals surface area (Å²) in [5, 5.41) is 7.29. The van der Waals surface area contributed by atoms with E-state index >= 15 is 0 Å². The van der Waals surface area contributed by atoms with E-state index in [2.05, 4.69) is 48.1 Å². The second-order valence-corrected chi connectivity index (χ2v) is 8.75. The number of carbonyl (C=O) groups excluding carboxylic acids is 1. The standard InChI is InChI=1S/C23H28N4O2/c1-23(2,3)20-14-18(25-26-20)22(28)27-12-8-7-11-19(27)21-24-15-17(29-21)13-16-9-5-4-6-10-16/h4-6,9-10,14-15,19H,7-8,11-13H2,1-3H3,(H,25,26). The molecule has 1 saturated heterocycles. The fourth-order valence-corrected chi connectivity index (χ4v) is 3.75. The average Bonchev–Trinajstić information content (AvgIpc) is 3.38. The number of likely N-dealkylation sites (tertiary alicyclic amines) is 1. The molecule has 0 spiro atoms. The summed E-state index contributed by atoms with van der Waals surface area (Å²) in [4.78, 5) is 19.6. The molecule has 0 bridgehead atoms. The molecule has 0 aliphatic carbocycles. The van der Waals surface area contributed by atoms with E-state index in [9.17, 15) is 4.79 Å². The SMILES string of the molecule is CC(C)(C)c1cc(C(=O)N2CCCCC2c2ncc(Cc3ccccc3)o2)n[nH]1. The van der Waals surface area contributed by atoms with Crippen LogP contribution in [0, 0.1) is 0 Å². The van der Waals surface area contributed by atoms with E-state index in [1.165, 1.54) is 5.56 Å². The largest absolute Gasteiger partial charge is 0.443 e. The number of amides is 1. The Balaban J connectivity index is 1.53. The molecule has 1 unspecified atom stereocenters. The Bertz CT molecular complexity index is 968. The van der Waals surface area contributed by atoms with Crippen LogP contribution < -0.4 is 0 Å². The zero-order valence-corrected chi connectivity index (χ0v) is 17.3. The Labute approximate surface area is 171 Å². The highest BCUT2D eigenvalue weighted by atomic mass is 16.4. The van der Waals surface area contributed by atoms with Gasteiger partial charge in [-0.3, -0.25) is 9.89 Å². The molecule has 29 heavy (non-hydrogen) atoms. The van der Waals surface area contributed by atoms with Crippen LogP contribution in [-0.2, 0) is 11.8 Å². The van der Waals surface area contributed by atoms with Crippen molar-refractivity contribution in [2.24, 2.45) is 0 Å². The molecule has 1 amide bonds. The molecule has 4 rings (SSSR count). The van der Waals surface area contributed by atoms with E-state index in [1.807, 2.05) is 29.2 Å². The van der Waals surface area contributed by atoms with Crippen LogP contribution in [0.4, 0.5) is 0 Å². The highest BCUT2D eigenvalue weighted by Gasteiger charge is 2.33. The maximum atomic E-state index is 13.2. The summed E-state index contributed by atoms with van der Waals surface area (Å²) in [6.45, 7) is 6.98. The molecule has 1 aliphatic heterocycles. The minimum atomic E-state index is -0.143. The van der Waals surface area contributed by atoms with Crippen molar-refractivity contribution in [3.63, 3.8) is 0 Å². The van der Waals surface area contributed by atoms with E-state index in [1.54, 1.807) is 6.20 Å². The Kier molecular flexibility index (Phi) is 5.26. The normalized spacial score (nSPS) is 17.5. The molecule has 1 aromatic carbocycles. The summed E-state index contributed by atoms with van der Waals surface area (Å²) in [5.41, 5.74) is 2.51. The molecule has 3 heterocycles. The zero-order chi connectivity index (χ0) is 20.4. The molecular weight excluding hydrogens is 364 g/mol. The van der Waals surface area contributed by atoms with Crippen LogP contribution in [0.5, 0.6) is 0 Å². The van der Waals surface area contributed by atoms with Crippen molar-refractivity contribution < 1.29 is 9.21 Å². The molecule has 0 radical (unpaired) electrons. The molecule has 1 aliphatic rings. The number of hydrogen-bond donors (Lipinski definition) is 1. The van der Waals surface area contributed by atoms with Gasteiger partial charge in [-0.25, -0.2) is 4.98 Å². The molecule has 1 N–H and O–H groups in total. The summed E-state index contributed by atoms with van der Waals surface area (Å²) in [5.74, 6) is 1.37. The summed E-state index contributed by atoms with van der Waals surface area (Å²) >= 11 is 0. The second kappa shape index (κ2) is 7.85. The fourth-order valence-electron chi connectivity index (χ4n) is 3.75. The Morgan fingerprint density at radius 2 is 2.03 bits per heavy atom. The van der Waals surface area contributed by atoms with Crippen molar-refractivity contribution in [1.29, 1.82) is 0 Å². The highest BCUT2D eigenvalue weighted by Crippen LogP contribution is 2.32. The van der Waals surface area contributed by atoms with Crippen LogP contribution in [0.3, 0.4) is 0 Å². The maximum absolute atomic E-state index is 13.2. The van der Waals surface area contributed by atoms with Gasteiger partial charge in [-0.15, -0.1) is 0 Å². The number of H-pyrrole nitrogens is 1. The van der Waals surface area contributed by atoms with Crippen molar-refractivity contribution in [3.8, 4) is 0 Å². The first kappa shape index (κ1) is 19.4. The van der Waals surface area contributed by atoms with Gasteiger partial charge in [0, 0.05) is 24.1 Å². The lowest BCUT2D eigenvalue weighted by Gasteiger charge is -2.33. The van der Waals surface area contributed by atoms with Crippen LogP contribution in [0.2, 0.25) is 0 Å². The predicted octanol–water partition coefficient (Wildman–Crippen LogP) is 4.65. The van der Waals surface area contributed by atoms with Gasteiger partial charge in [0.2, 0.25) is 5.89 Å². The number of nitrogens with one attached hydrogen (secondary N) is 1. The predicted molar refractivity (Wildman–Crippen MR) is 111 cm³/mol. The van der Waals surface area contributed by atoms with Crippen LogP contribution in [0.1, 0.15) is 79.5 Å². The third-order valence-electron chi connectivity index (χ3n) is 5.45. The maximum Gasteiger partial charge on any atom is 0.275 e. The number of carbonyl (C=O) groups is 1. The third-order valence-corrected chi connectivity index (χ3v) is 5.45. The van der Waals surface area contributed by atoms with E-state index in [4.69, 9.17) is 4.42 Å². The van der Waals surface area contributed by atoms with Crippen LogP contribution in [-0.4, -0.2) is 32.5 Å². The van der Waals surface area contributed by atoms with Gasteiger partial charge in [0.15, 0.2) is 0 Å². The van der Waals surface area contributed by atoms with Gasteiger partial charge in [-0.2, -0.15) is 5.10 Å². The molecule has 152 valence electrons. The highest BCUT2D eigenvalue weighted by molar-refractivity contribution is 5.92. The summed E-state index contributed by atoms with van der Waals surface area (Å²) in [6, 6.07) is 11.9. The third kappa shape index (κ3) is 4.26. The number of aromatic nitrogens is 3. The Hall–Kier alpha value is -2.89. The van der Waals surface area contributed by atoms with Gasteiger partial charge in [-0.05, 0) is 30.9 Å². The van der Waals surface area contributed by atoms with Gasteiger partial charge < -0.3 is 9.32 Å². The lowest BCUT2D eigenvalue weighted by Crippen LogP contribution is -2.38. The van der Waals surface area contributed by atoms with Crippen molar-refractivity contribution in [1.82, 2.24) is 20.1 Å². The Morgan fingerprint density at radius 1 is 1.24 bits per heavy atom. The van der Waals surface area contributed by atoms with Gasteiger partial charge in [0.1, 0.15) is 17.5 Å². The summed E-state index contributed by atoms with van der Waals surface area (Å²) in [7, 11) is 0. The number of aromatic amines is 1. The lowest BCUT2D eigenvalue weighted by molar-refractivity contribution is 0.0564. The number of hydrogen-bond acceptors (Lipinski definition) is 4. The average molecular weight is 393 g/mol. The van der Waals surface area contributed by atoms with E-state index in [0.29, 0.717) is 24.6 Å². The monoisotopic (exact) mass is 392 g/mol. The topological polar surface area (TPSA) is 75.0 Å². The molecule has 2 aromatic heterocycles. The van der Waals surface area contributed by atoms with Crippen molar-refractivity contribution >= 4 is 5.91 Å². The van der Waals surface area contributed by atoms with Crippen molar-refractivity contribution in [3.05, 3.63) is 71.2 Å². The fraction of sp³-hybridized carbons (Fsp3) is 0.435. The number of nitrogens with zero attached hydrogens (tertiary/aromatic N) is 3. The number of oxazole rings is 1. The van der Waals surface area contributed by atoms with Crippen LogP contribution >= 0.6 is 0 Å². The first-order chi connectivity index (χ1) is 13.9. The minimum absolute atomic E-state index is 0.0655. The number of benzene rings is 1. The smallest absolute Gasteiger partial charge is 0.275 e. The van der Waals surface area contributed by atoms with Gasteiger partial charge in [-0.1, -0.05) is 51.1 Å². The van der Waals surface area contributed by atoms with Gasteiger partial charge in [0.05, 0.1) is 6.20 Å². The van der Waals surface area contributed by atoms with Crippen molar-refractivity contribution in [2.75, 3.05) is 6.54 Å². The van der Waals surface area contributed by atoms with Crippen LogP contribution in [0.15, 0.2) is 47.0 Å². The molecule has 3 aromatic rings. The molecule has 1 atom stereocenters. The van der Waals surface area contributed by atoms with Crippen molar-refractivity contribution in [2.45, 2.75) is 57.9 Å². The zero-order valence-electron chi connectivity index (χ0n) is 17.3. The quantitative estimate of drug-likeness (QED) is 0.701. The van der Waals surface area contributed by atoms with E-state index in [0.717, 1.165) is 30.7 Å². The lowest BCUT2D eigenvalue weighted by atomic mass is 9.92. The van der Waals surface area contributed by atoms with E-state index in [-0.39, 0.29) is 17.4 Å². The molecule has 0 saturated carbocycles. The first-order valence-corrected chi connectivity index (χ1v) is 10.3. The Morgan fingerprint density at radius 3 is 2.76 bits per heavy atom. The number of rotatable bonds is 4. The van der Waals surface area contributed by atoms with Crippen LogP contribution in [0.25, 0.3) is 0 Å². The van der Waals surface area contributed by atoms with Gasteiger partial charge >= 0.3 is 0 Å². The summed E-state index contributed by atoms with van der Waals surface area (Å²) < 4.78 is 6.07. The van der Waals surface area contributed by atoms with Gasteiger partial charge in [0.25, 0.3) is 5.91 Å². The molecule has 6 heteroatoms. The molecule has 1 fully saturated rings. The second-order valence-electron chi connectivity index (χ2n) is 8.75. The van der Waals surface area contributed by atoms with E-state index < -0.39 is 0 Å². The minimum Gasteiger partial charge on any atom is -0.443 e. The molecule has 6 nitrogen and oxygen atoms in total. The first-order valence-electron chi connectivity index (χ1n) is 10.3. The number of piperidine rings is 1. The summed E-state index contributed by atoms with van der Waals surface area (Å²) in [6.07, 6.45) is 5.37.